The molecule has 4 rings (SSSR count). The summed E-state index contributed by atoms with van der Waals surface area (Å²) in [5, 5.41) is 12.2. The summed E-state index contributed by atoms with van der Waals surface area (Å²) in [5.74, 6) is 0. The number of fused-ring (bicyclic) bond motifs is 1. The number of nitrogens with zero attached hydrogens (tertiary/aromatic N) is 4. The van der Waals surface area contributed by atoms with Crippen molar-refractivity contribution in [3.63, 3.8) is 0 Å². The minimum absolute atomic E-state index is 0.282. The van der Waals surface area contributed by atoms with Crippen molar-refractivity contribution < 1.29 is 8.42 Å². The van der Waals surface area contributed by atoms with Gasteiger partial charge in [-0.1, -0.05) is 18.2 Å². The predicted octanol–water partition coefficient (Wildman–Crippen LogP) is 3.52. The van der Waals surface area contributed by atoms with Crippen LogP contribution in [0.4, 0.5) is 5.69 Å². The molecule has 0 atom stereocenters. The first kappa shape index (κ1) is 18.1. The molecule has 0 spiro atoms. The lowest BCUT2D eigenvalue weighted by Gasteiger charge is -2.13. The summed E-state index contributed by atoms with van der Waals surface area (Å²) in [6, 6.07) is 14.4. The van der Waals surface area contributed by atoms with E-state index >= 15 is 0 Å². The highest BCUT2D eigenvalue weighted by atomic mass is 32.2. The van der Waals surface area contributed by atoms with Crippen LogP contribution < -0.4 is 4.72 Å². The lowest BCUT2D eigenvalue weighted by atomic mass is 10.1. The number of hydrogen-bond acceptors (Lipinski definition) is 5. The van der Waals surface area contributed by atoms with E-state index < -0.39 is 10.0 Å². The second kappa shape index (κ2) is 6.72. The highest BCUT2D eigenvalue weighted by Gasteiger charge is 2.18. The second-order valence-electron chi connectivity index (χ2n) is 6.74. The monoisotopic (exact) mass is 393 g/mol. The van der Waals surface area contributed by atoms with E-state index in [9.17, 15) is 8.42 Å². The van der Waals surface area contributed by atoms with Gasteiger partial charge in [-0.15, -0.1) is 10.2 Å². The summed E-state index contributed by atoms with van der Waals surface area (Å²) in [4.78, 5) is 0.282. The fourth-order valence-corrected chi connectivity index (χ4v) is 4.42. The minimum atomic E-state index is -3.70. The fraction of sp³-hybridized carbons (Fsp3) is 0.150. The van der Waals surface area contributed by atoms with Crippen LogP contribution in [0.25, 0.3) is 16.9 Å². The third-order valence-corrected chi connectivity index (χ3v) is 6.18. The van der Waals surface area contributed by atoms with Crippen LogP contribution in [0.2, 0.25) is 0 Å². The largest absolute Gasteiger partial charge is 0.280 e. The number of aromatic nitrogens is 4. The molecule has 0 aliphatic heterocycles. The molecule has 4 aromatic rings. The molecular weight excluding hydrogens is 374 g/mol. The average molecular weight is 393 g/mol. The zero-order valence-electron chi connectivity index (χ0n) is 15.7. The third kappa shape index (κ3) is 3.34. The lowest BCUT2D eigenvalue weighted by Crippen LogP contribution is -2.14. The third-order valence-electron chi connectivity index (χ3n) is 4.65. The summed E-state index contributed by atoms with van der Waals surface area (Å²) in [7, 11) is -3.70. The van der Waals surface area contributed by atoms with E-state index in [0.717, 1.165) is 16.7 Å². The zero-order chi connectivity index (χ0) is 19.9. The van der Waals surface area contributed by atoms with Gasteiger partial charge in [0, 0.05) is 11.3 Å². The Morgan fingerprint density at radius 3 is 2.54 bits per heavy atom. The van der Waals surface area contributed by atoms with Crippen LogP contribution in [0.1, 0.15) is 16.7 Å². The average Bonchev–Trinajstić information content (AvgIpc) is 3.12. The predicted molar refractivity (Wildman–Crippen MR) is 108 cm³/mol. The van der Waals surface area contributed by atoms with Gasteiger partial charge >= 0.3 is 0 Å². The molecule has 7 nitrogen and oxygen atoms in total. The number of rotatable bonds is 4. The molecule has 0 amide bonds. The van der Waals surface area contributed by atoms with Gasteiger partial charge in [0.2, 0.25) is 0 Å². The molecule has 1 N–H and O–H groups in total. The Morgan fingerprint density at radius 1 is 0.929 bits per heavy atom. The standard InChI is InChI=1S/C20H19N5O2S/c1-13-9-15(3)19(10-14(13)2)28(26,27)24-17-6-4-5-16(11-17)18-7-8-20-22-21-12-25(20)23-18/h4-12,24H,1-3H3. The molecule has 0 fully saturated rings. The van der Waals surface area contributed by atoms with Crippen molar-refractivity contribution in [2.45, 2.75) is 25.7 Å². The van der Waals surface area contributed by atoms with Crippen molar-refractivity contribution in [1.29, 1.82) is 0 Å². The number of benzene rings is 2. The van der Waals surface area contributed by atoms with Crippen molar-refractivity contribution in [3.05, 3.63) is 71.5 Å². The summed E-state index contributed by atoms with van der Waals surface area (Å²) in [6.45, 7) is 5.67. The Labute approximate surface area is 163 Å². The molecule has 0 unspecified atom stereocenters. The Morgan fingerprint density at radius 2 is 1.71 bits per heavy atom. The molecule has 0 saturated carbocycles. The molecular formula is C20H19N5O2S. The van der Waals surface area contributed by atoms with E-state index in [2.05, 4.69) is 20.0 Å². The number of anilines is 1. The molecule has 142 valence electrons. The van der Waals surface area contributed by atoms with Crippen LogP contribution in [0, 0.1) is 20.8 Å². The topological polar surface area (TPSA) is 89.2 Å². The summed E-state index contributed by atoms with van der Waals surface area (Å²) >= 11 is 0. The Hall–Kier alpha value is -3.26. The van der Waals surface area contributed by atoms with E-state index in [1.165, 1.54) is 6.33 Å². The number of aryl methyl sites for hydroxylation is 3. The van der Waals surface area contributed by atoms with Crippen molar-refractivity contribution >= 4 is 21.4 Å². The van der Waals surface area contributed by atoms with Crippen LogP contribution in [-0.4, -0.2) is 28.2 Å². The van der Waals surface area contributed by atoms with Gasteiger partial charge in [0.25, 0.3) is 10.0 Å². The van der Waals surface area contributed by atoms with E-state index in [4.69, 9.17) is 0 Å². The first-order valence-electron chi connectivity index (χ1n) is 8.72. The van der Waals surface area contributed by atoms with Gasteiger partial charge in [0.1, 0.15) is 6.33 Å². The molecule has 0 bridgehead atoms. The van der Waals surface area contributed by atoms with Gasteiger partial charge in [0.05, 0.1) is 10.6 Å². The molecule has 0 aliphatic rings. The SMILES string of the molecule is Cc1cc(C)c(S(=O)(=O)Nc2cccc(-c3ccc4nncn4n3)c2)cc1C. The van der Waals surface area contributed by atoms with E-state index in [-0.39, 0.29) is 4.90 Å². The minimum Gasteiger partial charge on any atom is -0.280 e. The van der Waals surface area contributed by atoms with Crippen molar-refractivity contribution in [3.8, 4) is 11.3 Å². The van der Waals surface area contributed by atoms with Gasteiger partial charge in [-0.05, 0) is 67.8 Å². The van der Waals surface area contributed by atoms with Gasteiger partial charge < -0.3 is 0 Å². The van der Waals surface area contributed by atoms with Crippen LogP contribution in [0.15, 0.2) is 59.8 Å². The Kier molecular flexibility index (Phi) is 4.35. The highest BCUT2D eigenvalue weighted by molar-refractivity contribution is 7.92. The maximum atomic E-state index is 12.9. The van der Waals surface area contributed by atoms with Gasteiger partial charge in [-0.25, -0.2) is 8.42 Å². The van der Waals surface area contributed by atoms with Crippen molar-refractivity contribution in [2.75, 3.05) is 4.72 Å². The normalized spacial score (nSPS) is 11.7. The van der Waals surface area contributed by atoms with E-state index in [0.29, 0.717) is 22.6 Å². The second-order valence-corrected chi connectivity index (χ2v) is 8.39. The molecule has 0 aliphatic carbocycles. The first-order chi connectivity index (χ1) is 13.3. The van der Waals surface area contributed by atoms with Crippen LogP contribution in [0.3, 0.4) is 0 Å². The lowest BCUT2D eigenvalue weighted by molar-refractivity contribution is 0.600. The maximum Gasteiger partial charge on any atom is 0.262 e. The molecule has 2 aromatic heterocycles. The maximum absolute atomic E-state index is 12.9. The Bertz CT molecular complexity index is 1300. The van der Waals surface area contributed by atoms with E-state index in [1.807, 2.05) is 38.1 Å². The van der Waals surface area contributed by atoms with Crippen molar-refractivity contribution in [1.82, 2.24) is 19.8 Å². The summed E-state index contributed by atoms with van der Waals surface area (Å²) < 4.78 is 30.1. The number of nitrogens with one attached hydrogen (secondary N) is 1. The van der Waals surface area contributed by atoms with E-state index in [1.54, 1.807) is 35.7 Å². The summed E-state index contributed by atoms with van der Waals surface area (Å²) in [5.41, 5.74) is 5.31. The van der Waals surface area contributed by atoms with Crippen molar-refractivity contribution in [2.24, 2.45) is 0 Å². The van der Waals surface area contributed by atoms with Crippen LogP contribution in [-0.2, 0) is 10.0 Å². The van der Waals surface area contributed by atoms with Crippen LogP contribution >= 0.6 is 0 Å². The molecule has 0 saturated heterocycles. The Balaban J connectivity index is 1.69. The highest BCUT2D eigenvalue weighted by Crippen LogP contribution is 2.25. The molecule has 0 radical (unpaired) electrons. The number of hydrogen-bond donors (Lipinski definition) is 1. The quantitative estimate of drug-likeness (QED) is 0.573. The fourth-order valence-electron chi connectivity index (χ4n) is 3.06. The first-order valence-corrected chi connectivity index (χ1v) is 10.2. The van der Waals surface area contributed by atoms with Crippen LogP contribution in [0.5, 0.6) is 0 Å². The van der Waals surface area contributed by atoms with Gasteiger partial charge in [-0.3, -0.25) is 4.72 Å². The molecule has 8 heteroatoms. The zero-order valence-corrected chi connectivity index (χ0v) is 16.5. The van der Waals surface area contributed by atoms with Gasteiger partial charge in [-0.2, -0.15) is 9.61 Å². The molecule has 28 heavy (non-hydrogen) atoms. The number of sulfonamides is 1. The molecule has 2 aromatic carbocycles. The molecule has 2 heterocycles. The van der Waals surface area contributed by atoms with Gasteiger partial charge in [0.15, 0.2) is 5.65 Å². The smallest absolute Gasteiger partial charge is 0.262 e. The summed E-state index contributed by atoms with van der Waals surface area (Å²) in [6.07, 6.45) is 1.52.